The monoisotopic (exact) mass is 296 g/mol. The molecule has 0 N–H and O–H groups in total. The van der Waals surface area contributed by atoms with Crippen molar-refractivity contribution in [2.24, 2.45) is 0 Å². The molecule has 3 heterocycles. The molecule has 0 amide bonds. The van der Waals surface area contributed by atoms with Crippen LogP contribution in [0.15, 0.2) is 47.4 Å². The van der Waals surface area contributed by atoms with E-state index in [0.717, 1.165) is 20.4 Å². The second kappa shape index (κ2) is 4.30. The van der Waals surface area contributed by atoms with E-state index in [1.165, 1.54) is 15.9 Å². The molecule has 0 radical (unpaired) electrons. The molecule has 0 aliphatic heterocycles. The molecule has 4 nitrogen and oxygen atoms in total. The minimum absolute atomic E-state index is 0.166. The van der Waals surface area contributed by atoms with Gasteiger partial charge in [-0.3, -0.25) is 9.59 Å². The van der Waals surface area contributed by atoms with E-state index in [1.54, 1.807) is 13.0 Å². The maximum Gasteiger partial charge on any atom is 0.282 e. The number of nitrogens with zero attached hydrogens (tertiary/aromatic N) is 2. The summed E-state index contributed by atoms with van der Waals surface area (Å²) in [5.41, 5.74) is 1.22. The summed E-state index contributed by atoms with van der Waals surface area (Å²) in [5.74, 6) is -0.166. The van der Waals surface area contributed by atoms with Crippen LogP contribution in [-0.4, -0.2) is 14.9 Å². The quantitative estimate of drug-likeness (QED) is 0.539. The van der Waals surface area contributed by atoms with Gasteiger partial charge < -0.3 is 4.40 Å². The number of thiophene rings is 1. The number of carbonyl (C=O) groups is 1. The fourth-order valence-electron chi connectivity index (χ4n) is 2.74. The Morgan fingerprint density at radius 2 is 2.00 bits per heavy atom. The molecule has 4 rings (SSSR count). The van der Waals surface area contributed by atoms with Crippen molar-refractivity contribution < 1.29 is 4.79 Å². The first-order valence-electron chi connectivity index (χ1n) is 6.79. The third-order valence-electron chi connectivity index (χ3n) is 3.72. The van der Waals surface area contributed by atoms with E-state index in [2.05, 4.69) is 0 Å². The molecule has 104 valence electrons. The van der Waals surface area contributed by atoms with Gasteiger partial charge in [0.15, 0.2) is 0 Å². The van der Waals surface area contributed by atoms with Gasteiger partial charge in [-0.1, -0.05) is 25.1 Å². The topological polar surface area (TPSA) is 43.5 Å². The van der Waals surface area contributed by atoms with Crippen LogP contribution in [0, 0.1) is 0 Å². The first-order chi connectivity index (χ1) is 10.2. The molecule has 0 spiro atoms. The van der Waals surface area contributed by atoms with Crippen molar-refractivity contribution in [1.29, 1.82) is 0 Å². The van der Waals surface area contributed by atoms with Crippen LogP contribution in [0.25, 0.3) is 25.9 Å². The molecule has 0 unspecified atom stereocenters. The van der Waals surface area contributed by atoms with Crippen LogP contribution < -0.4 is 5.56 Å². The second-order valence-electron chi connectivity index (χ2n) is 4.90. The molecule has 0 aliphatic carbocycles. The molecule has 21 heavy (non-hydrogen) atoms. The fourth-order valence-corrected chi connectivity index (χ4v) is 3.96. The third-order valence-corrected chi connectivity index (χ3v) is 4.86. The molecule has 5 heteroatoms. The van der Waals surface area contributed by atoms with Gasteiger partial charge in [-0.2, -0.15) is 0 Å². The Bertz CT molecular complexity index is 1070. The summed E-state index contributed by atoms with van der Waals surface area (Å²) in [6.07, 6.45) is 2.18. The first kappa shape index (κ1) is 12.3. The van der Waals surface area contributed by atoms with Crippen LogP contribution in [0.4, 0.5) is 0 Å². The average molecular weight is 296 g/mol. The zero-order chi connectivity index (χ0) is 14.6. The molecular formula is C16H12N2O2S. The van der Waals surface area contributed by atoms with Crippen molar-refractivity contribution >= 4 is 43.2 Å². The maximum absolute atomic E-state index is 12.6. The second-order valence-corrected chi connectivity index (χ2v) is 5.93. The van der Waals surface area contributed by atoms with E-state index in [-0.39, 0.29) is 11.5 Å². The number of carbonyl (C=O) groups excluding carboxylic acids is 1. The van der Waals surface area contributed by atoms with Crippen LogP contribution in [0.5, 0.6) is 0 Å². The molecule has 0 saturated carbocycles. The van der Waals surface area contributed by atoms with Crippen molar-refractivity contribution in [2.45, 2.75) is 13.3 Å². The van der Waals surface area contributed by atoms with Gasteiger partial charge in [-0.15, -0.1) is 11.3 Å². The molecule has 1 aromatic carbocycles. The van der Waals surface area contributed by atoms with E-state index in [9.17, 15) is 9.59 Å². The van der Waals surface area contributed by atoms with Crippen molar-refractivity contribution in [3.8, 4) is 0 Å². The molecular weight excluding hydrogens is 284 g/mol. The maximum atomic E-state index is 12.6. The van der Waals surface area contributed by atoms with Crippen molar-refractivity contribution in [1.82, 2.24) is 8.97 Å². The first-order valence-corrected chi connectivity index (χ1v) is 7.60. The van der Waals surface area contributed by atoms with Gasteiger partial charge in [0.25, 0.3) is 5.56 Å². The minimum Gasteiger partial charge on any atom is -0.309 e. The van der Waals surface area contributed by atoms with Gasteiger partial charge >= 0.3 is 0 Å². The lowest BCUT2D eigenvalue weighted by atomic mass is 10.2. The SMILES string of the molecule is CCC(=O)n1c(=O)c2cccn2c2c3ccccc3sc21. The van der Waals surface area contributed by atoms with Crippen molar-refractivity contribution in [2.75, 3.05) is 0 Å². The van der Waals surface area contributed by atoms with Crippen LogP contribution >= 0.6 is 11.3 Å². The van der Waals surface area contributed by atoms with Crippen LogP contribution in [-0.2, 0) is 0 Å². The zero-order valence-corrected chi connectivity index (χ0v) is 12.2. The lowest BCUT2D eigenvalue weighted by molar-refractivity contribution is 0.0911. The van der Waals surface area contributed by atoms with Crippen molar-refractivity contribution in [3.63, 3.8) is 0 Å². The van der Waals surface area contributed by atoms with E-state index >= 15 is 0 Å². The average Bonchev–Trinajstić information content (AvgIpc) is 3.10. The highest BCUT2D eigenvalue weighted by molar-refractivity contribution is 7.25. The number of hydrogen-bond acceptors (Lipinski definition) is 3. The van der Waals surface area contributed by atoms with Gasteiger partial charge in [-0.05, 0) is 18.2 Å². The Hall–Kier alpha value is -2.40. The largest absolute Gasteiger partial charge is 0.309 e. The standard InChI is InChI=1S/C16H12N2O2S/c1-2-13(19)18-15(20)11-7-5-9-17(11)14-10-6-3-4-8-12(10)21-16(14)18/h3-9H,2H2,1H3. The van der Waals surface area contributed by atoms with E-state index < -0.39 is 0 Å². The van der Waals surface area contributed by atoms with Gasteiger partial charge in [-0.25, -0.2) is 4.57 Å². The summed E-state index contributed by atoms with van der Waals surface area (Å²) in [7, 11) is 0. The van der Waals surface area contributed by atoms with Crippen LogP contribution in [0.1, 0.15) is 18.1 Å². The highest BCUT2D eigenvalue weighted by Crippen LogP contribution is 2.33. The molecule has 0 fully saturated rings. The van der Waals surface area contributed by atoms with Crippen LogP contribution in [0.2, 0.25) is 0 Å². The lowest BCUT2D eigenvalue weighted by Gasteiger charge is -2.07. The van der Waals surface area contributed by atoms with Gasteiger partial charge in [0.1, 0.15) is 10.3 Å². The minimum atomic E-state index is -0.245. The Morgan fingerprint density at radius 1 is 1.19 bits per heavy atom. The third kappa shape index (κ3) is 1.55. The van der Waals surface area contributed by atoms with Gasteiger partial charge in [0.2, 0.25) is 5.91 Å². The fraction of sp³-hybridized carbons (Fsp3) is 0.125. The van der Waals surface area contributed by atoms with E-state index in [1.807, 2.05) is 40.9 Å². The number of benzene rings is 1. The predicted molar refractivity (Wildman–Crippen MR) is 85.5 cm³/mol. The molecule has 0 atom stereocenters. The Balaban J connectivity index is 2.38. The Kier molecular flexibility index (Phi) is 2.53. The highest BCUT2D eigenvalue weighted by atomic mass is 32.1. The summed E-state index contributed by atoms with van der Waals surface area (Å²) in [5, 5.41) is 1.07. The molecule has 3 aromatic heterocycles. The summed E-state index contributed by atoms with van der Waals surface area (Å²) in [4.78, 5) is 25.6. The lowest BCUT2D eigenvalue weighted by Crippen LogP contribution is -2.27. The number of rotatable bonds is 1. The highest BCUT2D eigenvalue weighted by Gasteiger charge is 2.18. The van der Waals surface area contributed by atoms with Crippen LogP contribution in [0.3, 0.4) is 0 Å². The molecule has 4 aromatic rings. The van der Waals surface area contributed by atoms with Crippen molar-refractivity contribution in [3.05, 3.63) is 52.9 Å². The summed E-state index contributed by atoms with van der Waals surface area (Å²) < 4.78 is 4.29. The van der Waals surface area contributed by atoms with E-state index in [0.29, 0.717) is 11.9 Å². The number of aromatic nitrogens is 2. The van der Waals surface area contributed by atoms with Gasteiger partial charge in [0.05, 0.1) is 5.52 Å². The smallest absolute Gasteiger partial charge is 0.282 e. The molecule has 0 aliphatic rings. The normalized spacial score (nSPS) is 11.7. The predicted octanol–water partition coefficient (Wildman–Crippen LogP) is 3.52. The summed E-state index contributed by atoms with van der Waals surface area (Å²) in [6, 6.07) is 11.6. The Labute approximate surface area is 123 Å². The molecule has 0 bridgehead atoms. The molecule has 0 saturated heterocycles. The Morgan fingerprint density at radius 3 is 2.81 bits per heavy atom. The summed E-state index contributed by atoms with van der Waals surface area (Å²) in [6.45, 7) is 1.77. The summed E-state index contributed by atoms with van der Waals surface area (Å²) >= 11 is 1.49. The zero-order valence-electron chi connectivity index (χ0n) is 11.4. The number of hydrogen-bond donors (Lipinski definition) is 0. The van der Waals surface area contributed by atoms with Gasteiger partial charge in [0, 0.05) is 22.7 Å². The number of fused-ring (bicyclic) bond motifs is 5. The van der Waals surface area contributed by atoms with E-state index in [4.69, 9.17) is 0 Å².